The molecule has 0 aliphatic rings. The van der Waals surface area contributed by atoms with Gasteiger partial charge in [-0.05, 0) is 54.4 Å². The third-order valence-corrected chi connectivity index (χ3v) is 9.68. The van der Waals surface area contributed by atoms with Gasteiger partial charge < -0.3 is 15.0 Å². The Bertz CT molecular complexity index is 1870. The van der Waals surface area contributed by atoms with Crippen LogP contribution in [0.3, 0.4) is 0 Å². The number of likely N-dealkylation sites (N-methyl/N-ethyl adjacent to an activating group) is 1. The summed E-state index contributed by atoms with van der Waals surface area (Å²) in [5, 5.41) is 15.0. The molecule has 11 nitrogen and oxygen atoms in total. The number of amides is 2. The predicted octanol–water partition coefficient (Wildman–Crippen LogP) is 5.80. The summed E-state index contributed by atoms with van der Waals surface area (Å²) in [6.45, 7) is 0.601. The minimum absolute atomic E-state index is 0.0719. The van der Waals surface area contributed by atoms with Gasteiger partial charge in [-0.1, -0.05) is 71.7 Å². The van der Waals surface area contributed by atoms with E-state index in [4.69, 9.17) is 27.9 Å². The molecule has 1 unspecified atom stereocenters. The Morgan fingerprint density at radius 2 is 1.60 bits per heavy atom. The summed E-state index contributed by atoms with van der Waals surface area (Å²) in [4.78, 5) is 39.8. The molecule has 0 aliphatic heterocycles. The second kappa shape index (κ2) is 15.3. The first-order valence-corrected chi connectivity index (χ1v) is 16.5. The van der Waals surface area contributed by atoms with Crippen LogP contribution in [-0.2, 0) is 32.6 Å². The Hall–Kier alpha value is -4.65. The first-order chi connectivity index (χ1) is 22.3. The van der Waals surface area contributed by atoms with Crippen LogP contribution in [0.4, 0.5) is 11.4 Å². The maximum Gasteiger partial charge on any atom is 0.273 e. The zero-order valence-corrected chi connectivity index (χ0v) is 28.1. The highest BCUT2D eigenvalue weighted by Gasteiger charge is 2.36. The van der Waals surface area contributed by atoms with Crippen molar-refractivity contribution in [2.24, 2.45) is 0 Å². The van der Waals surface area contributed by atoms with E-state index in [9.17, 15) is 28.1 Å². The molecule has 1 N–H and O–H groups in total. The first kappa shape index (κ1) is 35.2. The average Bonchev–Trinajstić information content (AvgIpc) is 3.05. The van der Waals surface area contributed by atoms with Gasteiger partial charge in [0.2, 0.25) is 11.8 Å². The number of aryl methyl sites for hydroxylation is 1. The van der Waals surface area contributed by atoms with Gasteiger partial charge in [-0.25, -0.2) is 8.42 Å². The van der Waals surface area contributed by atoms with Gasteiger partial charge in [0.05, 0.1) is 22.6 Å². The molecule has 2 amide bonds. The van der Waals surface area contributed by atoms with E-state index in [0.29, 0.717) is 10.6 Å². The number of anilines is 1. The molecule has 0 fully saturated rings. The number of hydrogen-bond donors (Lipinski definition) is 1. The summed E-state index contributed by atoms with van der Waals surface area (Å²) in [7, 11) is -1.90. The second-order valence-electron chi connectivity index (χ2n) is 10.5. The molecule has 14 heteroatoms. The fraction of sp³-hybridized carbons (Fsp3) is 0.212. The van der Waals surface area contributed by atoms with Crippen molar-refractivity contribution >= 4 is 56.4 Å². The number of ether oxygens (including phenoxy) is 1. The first-order valence-electron chi connectivity index (χ1n) is 14.3. The summed E-state index contributed by atoms with van der Waals surface area (Å²) >= 11 is 12.4. The molecule has 4 aromatic carbocycles. The molecule has 246 valence electrons. The van der Waals surface area contributed by atoms with Crippen LogP contribution in [0, 0.1) is 17.0 Å². The lowest BCUT2D eigenvalue weighted by Gasteiger charge is -2.34. The number of carbonyl (C=O) groups is 2. The molecule has 0 aromatic heterocycles. The van der Waals surface area contributed by atoms with Crippen LogP contribution in [0.25, 0.3) is 0 Å². The van der Waals surface area contributed by atoms with Crippen molar-refractivity contribution in [2.75, 3.05) is 25.0 Å². The molecule has 0 heterocycles. The van der Waals surface area contributed by atoms with Gasteiger partial charge in [0.25, 0.3) is 15.7 Å². The average molecular weight is 700 g/mol. The number of rotatable bonds is 13. The number of nitrogens with one attached hydrogen (secondary N) is 1. The molecule has 4 aromatic rings. The van der Waals surface area contributed by atoms with Crippen molar-refractivity contribution in [3.8, 4) is 5.75 Å². The fourth-order valence-corrected chi connectivity index (χ4v) is 6.68. The van der Waals surface area contributed by atoms with Gasteiger partial charge in [-0.2, -0.15) is 0 Å². The standard InChI is InChI=1S/C33H32Cl2N4O7S/c1-22-9-15-27(19-28(22)39(42)43)47(44,45)38(29-18-26(35)14-16-31(29)46-3)21-32(40)37(20-24-10-12-25(34)13-11-24)30(33(41)36-2)17-23-7-5-4-6-8-23/h4-16,18-19,30H,17,20-21H2,1-3H3,(H,36,41). The summed E-state index contributed by atoms with van der Waals surface area (Å²) < 4.78 is 34.9. The predicted molar refractivity (Wildman–Crippen MR) is 180 cm³/mol. The highest BCUT2D eigenvalue weighted by Crippen LogP contribution is 2.36. The van der Waals surface area contributed by atoms with Crippen molar-refractivity contribution in [2.45, 2.75) is 30.8 Å². The maximum absolute atomic E-state index is 14.5. The molecular formula is C33H32Cl2N4O7S. The number of benzene rings is 4. The lowest BCUT2D eigenvalue weighted by Crippen LogP contribution is -2.53. The molecule has 0 saturated carbocycles. The molecule has 1 atom stereocenters. The lowest BCUT2D eigenvalue weighted by molar-refractivity contribution is -0.385. The van der Waals surface area contributed by atoms with Crippen molar-refractivity contribution < 1.29 is 27.7 Å². The fourth-order valence-electron chi connectivity index (χ4n) is 4.95. The van der Waals surface area contributed by atoms with Gasteiger partial charge in [-0.3, -0.25) is 24.0 Å². The van der Waals surface area contributed by atoms with E-state index in [-0.39, 0.29) is 35.0 Å². The Morgan fingerprint density at radius 3 is 2.21 bits per heavy atom. The van der Waals surface area contributed by atoms with E-state index in [1.54, 1.807) is 24.3 Å². The van der Waals surface area contributed by atoms with Crippen molar-refractivity contribution in [3.63, 3.8) is 0 Å². The summed E-state index contributed by atoms with van der Waals surface area (Å²) in [6.07, 6.45) is 0.122. The Kier molecular flexibility index (Phi) is 11.5. The van der Waals surface area contributed by atoms with Crippen LogP contribution in [0.1, 0.15) is 16.7 Å². The second-order valence-corrected chi connectivity index (χ2v) is 13.2. The molecule has 4 rings (SSSR count). The number of hydrogen-bond acceptors (Lipinski definition) is 7. The molecular weight excluding hydrogens is 667 g/mol. The van der Waals surface area contributed by atoms with Crippen LogP contribution >= 0.6 is 23.2 Å². The van der Waals surface area contributed by atoms with E-state index in [1.165, 1.54) is 56.3 Å². The van der Waals surface area contributed by atoms with Crippen molar-refractivity contribution in [1.29, 1.82) is 0 Å². The smallest absolute Gasteiger partial charge is 0.273 e. The Morgan fingerprint density at radius 1 is 0.936 bits per heavy atom. The minimum Gasteiger partial charge on any atom is -0.495 e. The number of methoxy groups -OCH3 is 1. The van der Waals surface area contributed by atoms with Crippen LogP contribution < -0.4 is 14.4 Å². The van der Waals surface area contributed by atoms with E-state index in [1.807, 2.05) is 30.3 Å². The van der Waals surface area contributed by atoms with Gasteiger partial charge in [0.1, 0.15) is 18.3 Å². The van der Waals surface area contributed by atoms with E-state index < -0.39 is 49.9 Å². The topological polar surface area (TPSA) is 139 Å². The molecule has 0 spiro atoms. The summed E-state index contributed by atoms with van der Waals surface area (Å²) in [5.74, 6) is -1.14. The third-order valence-electron chi connectivity index (χ3n) is 7.44. The quantitative estimate of drug-likeness (QED) is 0.138. The van der Waals surface area contributed by atoms with E-state index in [2.05, 4.69) is 5.32 Å². The number of sulfonamides is 1. The van der Waals surface area contributed by atoms with Crippen molar-refractivity contribution in [3.05, 3.63) is 128 Å². The SMILES string of the molecule is CNC(=O)C(Cc1ccccc1)N(Cc1ccc(Cl)cc1)C(=O)CN(c1cc(Cl)ccc1OC)S(=O)(=O)c1ccc(C)c([N+](=O)[O-])c1. The number of nitrogens with zero attached hydrogens (tertiary/aromatic N) is 3. The highest BCUT2D eigenvalue weighted by molar-refractivity contribution is 7.92. The van der Waals surface area contributed by atoms with Crippen molar-refractivity contribution in [1.82, 2.24) is 10.2 Å². The Labute approximate surface area is 282 Å². The normalized spacial score (nSPS) is 11.8. The number of carbonyl (C=O) groups excluding carboxylic acids is 2. The molecule has 0 aliphatic carbocycles. The molecule has 0 saturated heterocycles. The minimum atomic E-state index is -4.67. The van der Waals surface area contributed by atoms with Gasteiger partial charge in [0, 0.05) is 41.7 Å². The van der Waals surface area contributed by atoms with Crippen LogP contribution in [0.15, 0.2) is 95.9 Å². The van der Waals surface area contributed by atoms with E-state index in [0.717, 1.165) is 15.9 Å². The van der Waals surface area contributed by atoms with Gasteiger partial charge in [0.15, 0.2) is 0 Å². The zero-order chi connectivity index (χ0) is 34.3. The molecule has 0 bridgehead atoms. The van der Waals surface area contributed by atoms with Crippen LogP contribution in [0.5, 0.6) is 5.75 Å². The zero-order valence-electron chi connectivity index (χ0n) is 25.7. The monoisotopic (exact) mass is 698 g/mol. The van der Waals surface area contributed by atoms with E-state index >= 15 is 0 Å². The maximum atomic E-state index is 14.5. The summed E-state index contributed by atoms with van der Waals surface area (Å²) in [5.41, 5.74) is 1.15. The largest absolute Gasteiger partial charge is 0.495 e. The number of halogens is 2. The molecule has 0 radical (unpaired) electrons. The Balaban J connectivity index is 1.87. The summed E-state index contributed by atoms with van der Waals surface area (Å²) in [6, 6.07) is 22.4. The lowest BCUT2D eigenvalue weighted by atomic mass is 10.0. The van der Waals surface area contributed by atoms with Gasteiger partial charge >= 0.3 is 0 Å². The number of nitro benzene ring substituents is 1. The number of nitro groups is 1. The van der Waals surface area contributed by atoms with Crippen LogP contribution in [-0.4, -0.2) is 56.8 Å². The highest BCUT2D eigenvalue weighted by atomic mass is 35.5. The van der Waals surface area contributed by atoms with Gasteiger partial charge in [-0.15, -0.1) is 0 Å². The van der Waals surface area contributed by atoms with Crippen LogP contribution in [0.2, 0.25) is 10.0 Å². The molecule has 47 heavy (non-hydrogen) atoms. The third kappa shape index (κ3) is 8.39.